The zero-order chi connectivity index (χ0) is 38.3. The minimum Gasteiger partial charge on any atom is -0.309 e. The molecule has 4 heterocycles. The molecule has 12 rings (SSSR count). The molecule has 4 aromatic heterocycles. The Labute approximate surface area is 339 Å². The molecule has 3 nitrogen and oxygen atoms in total. The lowest BCUT2D eigenvalue weighted by Crippen LogP contribution is -2.36. The van der Waals surface area contributed by atoms with E-state index >= 15 is 0 Å². The number of rotatable bonds is 5. The number of para-hydroxylation sites is 5. The van der Waals surface area contributed by atoms with Crippen molar-refractivity contribution in [2.24, 2.45) is 5.92 Å². The molecule has 1 aliphatic rings. The SMILES string of the molecule is CC1CC=c2c(n(-c3ccccc3)c3ccccc23)=C1c1cc(-c2cccc3c2sc2ccccc23)cc(-c2cccc3c4ccccc4n(-c4ccccc4)c23)n1. The molecule has 0 radical (unpaired) electrons. The van der Waals surface area contributed by atoms with Crippen molar-refractivity contribution in [2.75, 3.05) is 0 Å². The zero-order valence-corrected chi connectivity index (χ0v) is 32.7. The van der Waals surface area contributed by atoms with E-state index in [9.17, 15) is 0 Å². The third-order valence-corrected chi connectivity index (χ3v) is 13.4. The molecule has 0 fully saturated rings. The van der Waals surface area contributed by atoms with E-state index in [4.69, 9.17) is 4.98 Å². The molecule has 7 aromatic carbocycles. The van der Waals surface area contributed by atoms with Gasteiger partial charge in [0.05, 0.1) is 33.3 Å². The van der Waals surface area contributed by atoms with Crippen molar-refractivity contribution in [3.8, 4) is 33.8 Å². The molecule has 0 bridgehead atoms. The summed E-state index contributed by atoms with van der Waals surface area (Å²) in [7, 11) is 0. The van der Waals surface area contributed by atoms with Gasteiger partial charge in [0.25, 0.3) is 0 Å². The van der Waals surface area contributed by atoms with Crippen LogP contribution >= 0.6 is 11.3 Å². The van der Waals surface area contributed by atoms with Gasteiger partial charge in [-0.3, -0.25) is 0 Å². The van der Waals surface area contributed by atoms with Crippen LogP contribution in [-0.2, 0) is 0 Å². The molecular formula is C54H37N3S. The monoisotopic (exact) mass is 759 g/mol. The van der Waals surface area contributed by atoms with Crippen LogP contribution in [0.1, 0.15) is 19.0 Å². The third-order valence-electron chi connectivity index (χ3n) is 12.2. The highest BCUT2D eigenvalue weighted by atomic mass is 32.1. The average molecular weight is 760 g/mol. The van der Waals surface area contributed by atoms with Gasteiger partial charge in [0, 0.05) is 64.1 Å². The van der Waals surface area contributed by atoms with E-state index in [1.807, 2.05) is 11.3 Å². The number of nitrogens with zero attached hydrogens (tertiary/aromatic N) is 3. The molecule has 0 aliphatic heterocycles. The topological polar surface area (TPSA) is 22.8 Å². The van der Waals surface area contributed by atoms with E-state index < -0.39 is 0 Å². The number of aromatic nitrogens is 3. The van der Waals surface area contributed by atoms with Crippen LogP contribution in [0.15, 0.2) is 182 Å². The normalized spacial score (nSPS) is 14.2. The number of hydrogen-bond acceptors (Lipinski definition) is 2. The summed E-state index contributed by atoms with van der Waals surface area (Å²) >= 11 is 1.88. The second-order valence-electron chi connectivity index (χ2n) is 15.5. The van der Waals surface area contributed by atoms with E-state index in [0.717, 1.165) is 34.7 Å². The summed E-state index contributed by atoms with van der Waals surface area (Å²) in [5, 5.41) is 8.85. The fourth-order valence-electron chi connectivity index (χ4n) is 9.61. The van der Waals surface area contributed by atoms with Gasteiger partial charge in [-0.2, -0.15) is 0 Å². The molecule has 274 valence electrons. The Balaban J connectivity index is 1.23. The summed E-state index contributed by atoms with van der Waals surface area (Å²) in [6, 6.07) is 66.3. The van der Waals surface area contributed by atoms with Crippen LogP contribution in [0.5, 0.6) is 0 Å². The zero-order valence-electron chi connectivity index (χ0n) is 31.9. The molecule has 4 heteroatoms. The van der Waals surface area contributed by atoms with Gasteiger partial charge in [0.15, 0.2) is 0 Å². The van der Waals surface area contributed by atoms with Crippen LogP contribution in [0.25, 0.3) is 98.3 Å². The third kappa shape index (κ3) is 4.95. The lowest BCUT2D eigenvalue weighted by molar-refractivity contribution is 0.761. The predicted octanol–water partition coefficient (Wildman–Crippen LogP) is 12.8. The summed E-state index contributed by atoms with van der Waals surface area (Å²) in [5.41, 5.74) is 12.6. The smallest absolute Gasteiger partial charge is 0.0736 e. The van der Waals surface area contributed by atoms with Crippen LogP contribution in [0.3, 0.4) is 0 Å². The summed E-state index contributed by atoms with van der Waals surface area (Å²) in [4.78, 5) is 5.81. The lowest BCUT2D eigenvalue weighted by Gasteiger charge is -2.21. The van der Waals surface area contributed by atoms with Crippen molar-refractivity contribution in [3.05, 3.63) is 198 Å². The van der Waals surface area contributed by atoms with E-state index in [0.29, 0.717) is 0 Å². The molecule has 1 atom stereocenters. The van der Waals surface area contributed by atoms with Gasteiger partial charge in [0.1, 0.15) is 0 Å². The Hall–Kier alpha value is -7.01. The number of thiophene rings is 1. The van der Waals surface area contributed by atoms with Gasteiger partial charge in [-0.15, -0.1) is 11.3 Å². The van der Waals surface area contributed by atoms with Crippen LogP contribution in [0, 0.1) is 5.92 Å². The molecule has 11 aromatic rings. The molecule has 1 aliphatic carbocycles. The second-order valence-corrected chi connectivity index (χ2v) is 16.6. The summed E-state index contributed by atoms with van der Waals surface area (Å²) in [5.74, 6) is 0.238. The van der Waals surface area contributed by atoms with Crippen molar-refractivity contribution < 1.29 is 0 Å². The molecule has 0 spiro atoms. The minimum atomic E-state index is 0.238. The van der Waals surface area contributed by atoms with E-state index in [1.54, 1.807) is 0 Å². The molecular weight excluding hydrogens is 723 g/mol. The van der Waals surface area contributed by atoms with Gasteiger partial charge >= 0.3 is 0 Å². The van der Waals surface area contributed by atoms with Crippen molar-refractivity contribution in [1.82, 2.24) is 14.1 Å². The molecule has 0 saturated heterocycles. The maximum atomic E-state index is 5.81. The quantitative estimate of drug-likeness (QED) is 0.171. The number of pyridine rings is 1. The van der Waals surface area contributed by atoms with Gasteiger partial charge in [0.2, 0.25) is 0 Å². The highest BCUT2D eigenvalue weighted by Gasteiger charge is 2.25. The average Bonchev–Trinajstić information content (AvgIpc) is 3.95. The molecule has 0 amide bonds. The fourth-order valence-corrected chi connectivity index (χ4v) is 10.8. The lowest BCUT2D eigenvalue weighted by atomic mass is 9.88. The Bertz CT molecular complexity index is 3550. The number of benzene rings is 7. The number of hydrogen-bond donors (Lipinski definition) is 0. The Kier molecular flexibility index (Phi) is 7.44. The maximum absolute atomic E-state index is 5.81. The highest BCUT2D eigenvalue weighted by Crippen LogP contribution is 2.43. The molecule has 58 heavy (non-hydrogen) atoms. The fraction of sp³-hybridized carbons (Fsp3) is 0.0556. The van der Waals surface area contributed by atoms with Crippen molar-refractivity contribution in [3.63, 3.8) is 0 Å². The first-order valence-corrected chi connectivity index (χ1v) is 20.9. The van der Waals surface area contributed by atoms with Gasteiger partial charge in [-0.25, -0.2) is 4.98 Å². The van der Waals surface area contributed by atoms with E-state index in [1.165, 1.54) is 80.1 Å². The van der Waals surface area contributed by atoms with Gasteiger partial charge in [-0.05, 0) is 78.1 Å². The first kappa shape index (κ1) is 33.2. The van der Waals surface area contributed by atoms with Crippen LogP contribution in [-0.4, -0.2) is 14.1 Å². The first-order valence-electron chi connectivity index (χ1n) is 20.1. The van der Waals surface area contributed by atoms with Crippen LogP contribution in [0.2, 0.25) is 0 Å². The predicted molar refractivity (Wildman–Crippen MR) is 246 cm³/mol. The van der Waals surface area contributed by atoms with Crippen molar-refractivity contribution in [2.45, 2.75) is 13.3 Å². The molecule has 0 N–H and O–H groups in total. The number of fused-ring (bicyclic) bond motifs is 9. The van der Waals surface area contributed by atoms with E-state index in [2.05, 4.69) is 204 Å². The van der Waals surface area contributed by atoms with Gasteiger partial charge in [-0.1, -0.05) is 140 Å². The first-order chi connectivity index (χ1) is 28.7. The standard InChI is InChI=1S/C54H37N3S/c1-34-30-31-43-40-21-9-12-28-49(40)57(37-18-6-3-7-19-37)53(43)51(34)47-33-35(38-23-14-25-44-41-22-10-13-29-50(41)58-54(38)44)32-46(55-47)45-26-15-24-42-39-20-8-11-27-48(39)56(52(42)45)36-16-4-2-5-17-36/h2-29,31-34H,30H2,1H3. The highest BCUT2D eigenvalue weighted by molar-refractivity contribution is 7.26. The minimum absolute atomic E-state index is 0.238. The second kappa shape index (κ2) is 13.0. The van der Waals surface area contributed by atoms with Crippen molar-refractivity contribution in [1.29, 1.82) is 0 Å². The Morgan fingerprint density at radius 2 is 1.10 bits per heavy atom. The van der Waals surface area contributed by atoms with Crippen LogP contribution in [0.4, 0.5) is 0 Å². The molecule has 0 saturated carbocycles. The maximum Gasteiger partial charge on any atom is 0.0736 e. The Morgan fingerprint density at radius 3 is 1.88 bits per heavy atom. The van der Waals surface area contributed by atoms with Crippen LogP contribution < -0.4 is 10.6 Å². The summed E-state index contributed by atoms with van der Waals surface area (Å²) < 4.78 is 7.51. The van der Waals surface area contributed by atoms with Gasteiger partial charge < -0.3 is 9.13 Å². The summed E-state index contributed by atoms with van der Waals surface area (Å²) in [6.07, 6.45) is 3.39. The van der Waals surface area contributed by atoms with Crippen molar-refractivity contribution >= 4 is 75.9 Å². The van der Waals surface area contributed by atoms with E-state index in [-0.39, 0.29) is 5.92 Å². The molecule has 1 unspecified atom stereocenters. The summed E-state index contributed by atoms with van der Waals surface area (Å²) in [6.45, 7) is 2.37. The largest absolute Gasteiger partial charge is 0.309 e. The Morgan fingerprint density at radius 1 is 0.517 bits per heavy atom.